The Bertz CT molecular complexity index is 273. The second-order valence-electron chi connectivity index (χ2n) is 4.00. The smallest absolute Gasteiger partial charge is 0.122 e. The van der Waals surface area contributed by atoms with Crippen LogP contribution in [0.1, 0.15) is 38.6 Å². The fourth-order valence-electron chi connectivity index (χ4n) is 1.47. The summed E-state index contributed by atoms with van der Waals surface area (Å²) in [5.74, 6) is 1.15. The summed E-state index contributed by atoms with van der Waals surface area (Å²) < 4.78 is 2.22. The first-order chi connectivity index (χ1) is 6.27. The van der Waals surface area contributed by atoms with Crippen molar-refractivity contribution in [2.24, 2.45) is 0 Å². The summed E-state index contributed by atoms with van der Waals surface area (Å²) in [5.41, 5.74) is 0. The van der Waals surface area contributed by atoms with Crippen molar-refractivity contribution < 1.29 is 0 Å². The topological polar surface area (TPSA) is 29.9 Å². The standard InChI is InChI=1S/C10H17N3/c1-8(2)13-6-5-11-10(13)7-12-9-3-4-9/h5-6,8-9,12H,3-4,7H2,1-2H3. The molecule has 13 heavy (non-hydrogen) atoms. The van der Waals surface area contributed by atoms with Gasteiger partial charge in [-0.2, -0.15) is 0 Å². The SMILES string of the molecule is CC(C)n1ccnc1CNC1CC1. The van der Waals surface area contributed by atoms with Crippen LogP contribution < -0.4 is 5.32 Å². The number of rotatable bonds is 4. The van der Waals surface area contributed by atoms with E-state index in [9.17, 15) is 0 Å². The first kappa shape index (κ1) is 8.75. The van der Waals surface area contributed by atoms with Crippen molar-refractivity contribution in [3.63, 3.8) is 0 Å². The van der Waals surface area contributed by atoms with E-state index in [1.807, 2.05) is 6.20 Å². The van der Waals surface area contributed by atoms with Gasteiger partial charge in [0.05, 0.1) is 6.54 Å². The van der Waals surface area contributed by atoms with Gasteiger partial charge in [-0.3, -0.25) is 0 Å². The van der Waals surface area contributed by atoms with Crippen LogP contribution in [0, 0.1) is 0 Å². The normalized spacial score (nSPS) is 16.8. The molecule has 3 nitrogen and oxygen atoms in total. The monoisotopic (exact) mass is 179 g/mol. The lowest BCUT2D eigenvalue weighted by molar-refractivity contribution is 0.540. The van der Waals surface area contributed by atoms with Gasteiger partial charge in [-0.05, 0) is 26.7 Å². The third-order valence-corrected chi connectivity index (χ3v) is 2.43. The molecule has 1 fully saturated rings. The van der Waals surface area contributed by atoms with Crippen LogP contribution in [0.5, 0.6) is 0 Å². The third-order valence-electron chi connectivity index (χ3n) is 2.43. The highest BCUT2D eigenvalue weighted by Crippen LogP contribution is 2.19. The molecule has 1 aliphatic rings. The first-order valence-electron chi connectivity index (χ1n) is 5.02. The molecule has 0 aliphatic heterocycles. The van der Waals surface area contributed by atoms with Crippen molar-refractivity contribution in [3.8, 4) is 0 Å². The molecular formula is C10H17N3. The molecule has 0 aromatic carbocycles. The number of aromatic nitrogens is 2. The van der Waals surface area contributed by atoms with Gasteiger partial charge in [-0.25, -0.2) is 4.98 Å². The van der Waals surface area contributed by atoms with Crippen molar-refractivity contribution in [2.45, 2.75) is 45.3 Å². The van der Waals surface area contributed by atoms with Crippen LogP contribution in [-0.2, 0) is 6.54 Å². The molecule has 0 spiro atoms. The van der Waals surface area contributed by atoms with Crippen molar-refractivity contribution in [1.29, 1.82) is 0 Å². The maximum Gasteiger partial charge on any atom is 0.122 e. The fraction of sp³-hybridized carbons (Fsp3) is 0.700. The summed E-state index contributed by atoms with van der Waals surface area (Å²) in [5, 5.41) is 3.47. The zero-order valence-corrected chi connectivity index (χ0v) is 8.33. The lowest BCUT2D eigenvalue weighted by Crippen LogP contribution is -2.19. The second-order valence-corrected chi connectivity index (χ2v) is 4.00. The highest BCUT2D eigenvalue weighted by atomic mass is 15.1. The largest absolute Gasteiger partial charge is 0.331 e. The van der Waals surface area contributed by atoms with E-state index < -0.39 is 0 Å². The average Bonchev–Trinajstić information content (AvgIpc) is 2.79. The predicted octanol–water partition coefficient (Wildman–Crippen LogP) is 1.72. The predicted molar refractivity (Wildman–Crippen MR) is 52.5 cm³/mol. The Labute approximate surface area is 79.2 Å². The van der Waals surface area contributed by atoms with Gasteiger partial charge in [-0.1, -0.05) is 0 Å². The average molecular weight is 179 g/mol. The van der Waals surface area contributed by atoms with E-state index in [-0.39, 0.29) is 0 Å². The van der Waals surface area contributed by atoms with Gasteiger partial charge in [-0.15, -0.1) is 0 Å². The Morgan fingerprint density at radius 2 is 2.38 bits per heavy atom. The van der Waals surface area contributed by atoms with Crippen LogP contribution in [0.3, 0.4) is 0 Å². The molecule has 72 valence electrons. The van der Waals surface area contributed by atoms with Gasteiger partial charge >= 0.3 is 0 Å². The molecule has 1 saturated carbocycles. The first-order valence-corrected chi connectivity index (χ1v) is 5.02. The van der Waals surface area contributed by atoms with E-state index in [1.165, 1.54) is 12.8 Å². The quantitative estimate of drug-likeness (QED) is 0.762. The van der Waals surface area contributed by atoms with Crippen molar-refractivity contribution in [1.82, 2.24) is 14.9 Å². The molecule has 2 rings (SSSR count). The van der Waals surface area contributed by atoms with E-state index >= 15 is 0 Å². The maximum atomic E-state index is 4.34. The summed E-state index contributed by atoms with van der Waals surface area (Å²) in [7, 11) is 0. The summed E-state index contributed by atoms with van der Waals surface area (Å²) in [6, 6.07) is 1.27. The Kier molecular flexibility index (Phi) is 2.36. The summed E-state index contributed by atoms with van der Waals surface area (Å²) in [4.78, 5) is 4.34. The molecule has 0 bridgehead atoms. The van der Waals surface area contributed by atoms with E-state index in [0.717, 1.165) is 18.4 Å². The maximum absolute atomic E-state index is 4.34. The van der Waals surface area contributed by atoms with E-state index in [2.05, 4.69) is 34.9 Å². The molecule has 0 atom stereocenters. The minimum absolute atomic E-state index is 0.513. The van der Waals surface area contributed by atoms with Crippen LogP contribution in [0.2, 0.25) is 0 Å². The fourth-order valence-corrected chi connectivity index (χ4v) is 1.47. The van der Waals surface area contributed by atoms with Crippen molar-refractivity contribution >= 4 is 0 Å². The minimum atomic E-state index is 0.513. The Morgan fingerprint density at radius 1 is 1.62 bits per heavy atom. The van der Waals surface area contributed by atoms with Crippen LogP contribution in [-0.4, -0.2) is 15.6 Å². The molecular weight excluding hydrogens is 162 g/mol. The van der Waals surface area contributed by atoms with E-state index in [4.69, 9.17) is 0 Å². The van der Waals surface area contributed by atoms with Gasteiger partial charge in [0.25, 0.3) is 0 Å². The molecule has 0 unspecified atom stereocenters. The van der Waals surface area contributed by atoms with Crippen molar-refractivity contribution in [2.75, 3.05) is 0 Å². The molecule has 0 saturated heterocycles. The Morgan fingerprint density at radius 3 is 3.00 bits per heavy atom. The van der Waals surface area contributed by atoms with E-state index in [0.29, 0.717) is 6.04 Å². The molecule has 1 aliphatic carbocycles. The molecule has 1 N–H and O–H groups in total. The number of hydrogen-bond donors (Lipinski definition) is 1. The van der Waals surface area contributed by atoms with Gasteiger partial charge in [0.15, 0.2) is 0 Å². The Hall–Kier alpha value is -0.830. The molecule has 1 aromatic rings. The zero-order chi connectivity index (χ0) is 9.26. The van der Waals surface area contributed by atoms with Gasteiger partial charge in [0, 0.05) is 24.5 Å². The number of nitrogens with one attached hydrogen (secondary N) is 1. The highest BCUT2D eigenvalue weighted by Gasteiger charge is 2.20. The molecule has 1 heterocycles. The van der Waals surface area contributed by atoms with Crippen LogP contribution in [0.15, 0.2) is 12.4 Å². The highest BCUT2D eigenvalue weighted by molar-refractivity contribution is 4.95. The van der Waals surface area contributed by atoms with Gasteiger partial charge < -0.3 is 9.88 Å². The summed E-state index contributed by atoms with van der Waals surface area (Å²) in [6.07, 6.45) is 6.60. The van der Waals surface area contributed by atoms with Crippen molar-refractivity contribution in [3.05, 3.63) is 18.2 Å². The molecule has 0 radical (unpaired) electrons. The second kappa shape index (κ2) is 3.50. The zero-order valence-electron chi connectivity index (χ0n) is 8.33. The van der Waals surface area contributed by atoms with Gasteiger partial charge in [0.1, 0.15) is 5.82 Å². The molecule has 3 heteroatoms. The number of hydrogen-bond acceptors (Lipinski definition) is 2. The number of imidazole rings is 1. The van der Waals surface area contributed by atoms with Crippen LogP contribution in [0.25, 0.3) is 0 Å². The van der Waals surface area contributed by atoms with Crippen LogP contribution in [0.4, 0.5) is 0 Å². The van der Waals surface area contributed by atoms with E-state index in [1.54, 1.807) is 0 Å². The third kappa shape index (κ3) is 2.10. The Balaban J connectivity index is 1.96. The molecule has 0 amide bonds. The lowest BCUT2D eigenvalue weighted by Gasteiger charge is -2.11. The lowest BCUT2D eigenvalue weighted by atomic mass is 10.4. The minimum Gasteiger partial charge on any atom is -0.331 e. The van der Waals surface area contributed by atoms with Crippen LogP contribution >= 0.6 is 0 Å². The molecule has 1 aromatic heterocycles. The summed E-state index contributed by atoms with van der Waals surface area (Å²) >= 11 is 0. The number of nitrogens with zero attached hydrogens (tertiary/aromatic N) is 2. The summed E-state index contributed by atoms with van der Waals surface area (Å²) in [6.45, 7) is 5.28. The van der Waals surface area contributed by atoms with Gasteiger partial charge in [0.2, 0.25) is 0 Å².